The van der Waals surface area contributed by atoms with Gasteiger partial charge in [0.1, 0.15) is 6.07 Å². The summed E-state index contributed by atoms with van der Waals surface area (Å²) < 4.78 is 1.68. The highest BCUT2D eigenvalue weighted by atomic mass is 16.3. The van der Waals surface area contributed by atoms with E-state index >= 15 is 0 Å². The Hall–Kier alpha value is -1.67. The van der Waals surface area contributed by atoms with Crippen molar-refractivity contribution in [3.63, 3.8) is 0 Å². The molecule has 1 heterocycles. The number of carbonyl (C=O) groups excluding carboxylic acids is 1. The lowest BCUT2D eigenvalue weighted by atomic mass is 9.36. The van der Waals surface area contributed by atoms with Crippen molar-refractivity contribution in [3.8, 4) is 6.07 Å². The van der Waals surface area contributed by atoms with Crippen LogP contribution in [0.2, 0.25) is 0 Å². The molecule has 8 atom stereocenters. The van der Waals surface area contributed by atoms with Gasteiger partial charge in [0.05, 0.1) is 23.9 Å². The van der Waals surface area contributed by atoms with Crippen molar-refractivity contribution in [2.45, 2.75) is 83.8 Å². The van der Waals surface area contributed by atoms with E-state index in [1.54, 1.807) is 17.1 Å². The van der Waals surface area contributed by atoms with Crippen LogP contribution in [0.25, 0.3) is 0 Å². The summed E-state index contributed by atoms with van der Waals surface area (Å²) >= 11 is 0. The summed E-state index contributed by atoms with van der Waals surface area (Å²) in [4.78, 5) is 13.6. The smallest absolute Gasteiger partial charge is 0.158 e. The van der Waals surface area contributed by atoms with E-state index in [0.29, 0.717) is 35.6 Å². The number of aliphatic hydroxyl groups is 1. The van der Waals surface area contributed by atoms with E-state index in [-0.39, 0.29) is 11.3 Å². The lowest BCUT2D eigenvalue weighted by Gasteiger charge is -2.68. The zero-order chi connectivity index (χ0) is 22.3. The molecule has 1 aromatic heterocycles. The Balaban J connectivity index is 1.24. The van der Waals surface area contributed by atoms with Crippen molar-refractivity contribution in [2.24, 2.45) is 52.8 Å². The number of fused-ring (bicyclic) bond motifs is 3. The maximum absolute atomic E-state index is 13.6. The van der Waals surface area contributed by atoms with Crippen molar-refractivity contribution in [3.05, 3.63) is 18.0 Å². The average molecular weight is 436 g/mol. The second kappa shape index (κ2) is 7.16. The molecule has 32 heavy (non-hydrogen) atoms. The summed E-state index contributed by atoms with van der Waals surface area (Å²) in [6, 6.07) is 2.12. The minimum atomic E-state index is -0.460. The highest BCUT2D eigenvalue weighted by molar-refractivity contribution is 5.82. The second-order valence-electron chi connectivity index (χ2n) is 12.6. The molecule has 6 aliphatic rings. The van der Waals surface area contributed by atoms with Gasteiger partial charge in [-0.05, 0) is 112 Å². The molecule has 7 rings (SSSR count). The van der Waals surface area contributed by atoms with Crippen molar-refractivity contribution >= 4 is 5.78 Å². The van der Waals surface area contributed by atoms with Crippen LogP contribution in [0.3, 0.4) is 0 Å². The minimum Gasteiger partial charge on any atom is -0.390 e. The molecule has 1 N–H and O–H groups in total. The fourth-order valence-corrected chi connectivity index (χ4v) is 9.82. The van der Waals surface area contributed by atoms with Gasteiger partial charge in [-0.15, -0.1) is 0 Å². The number of hydrogen-bond acceptors (Lipinski definition) is 4. The highest BCUT2D eigenvalue weighted by Crippen LogP contribution is 2.70. The van der Waals surface area contributed by atoms with E-state index in [1.165, 1.54) is 44.9 Å². The molecule has 0 aromatic carbocycles. The third-order valence-corrected chi connectivity index (χ3v) is 10.9. The molecule has 0 aliphatic heterocycles. The van der Waals surface area contributed by atoms with Gasteiger partial charge in [0.2, 0.25) is 0 Å². The number of carbonyl (C=O) groups is 1. The van der Waals surface area contributed by atoms with Crippen LogP contribution in [0.1, 0.15) is 77.2 Å². The van der Waals surface area contributed by atoms with Crippen molar-refractivity contribution in [2.75, 3.05) is 0 Å². The quantitative estimate of drug-likeness (QED) is 0.753. The maximum Gasteiger partial charge on any atom is 0.158 e. The third kappa shape index (κ3) is 3.05. The third-order valence-electron chi connectivity index (χ3n) is 10.9. The largest absolute Gasteiger partial charge is 0.390 e. The lowest BCUT2D eigenvalue weighted by molar-refractivity contribution is -0.201. The summed E-state index contributed by atoms with van der Waals surface area (Å²) in [5.41, 5.74) is 0.193. The Bertz CT molecular complexity index is 954. The van der Waals surface area contributed by atoms with E-state index in [4.69, 9.17) is 5.26 Å². The van der Waals surface area contributed by atoms with E-state index in [1.807, 2.05) is 6.92 Å². The molecule has 5 nitrogen and oxygen atoms in total. The van der Waals surface area contributed by atoms with Crippen LogP contribution >= 0.6 is 0 Å². The van der Waals surface area contributed by atoms with E-state index in [9.17, 15) is 9.90 Å². The Morgan fingerprint density at radius 2 is 1.91 bits per heavy atom. The number of nitrogens with zero attached hydrogens (tertiary/aromatic N) is 3. The van der Waals surface area contributed by atoms with Gasteiger partial charge in [-0.25, -0.2) is 0 Å². The predicted molar refractivity (Wildman–Crippen MR) is 120 cm³/mol. The van der Waals surface area contributed by atoms with Crippen molar-refractivity contribution in [1.82, 2.24) is 9.78 Å². The SMILES string of the molecule is C[C@@]1(O)CC[C@H]2[C@H](CC[C@@H]3[C@@H]2CC[C@]2(C)[C@H](C(=O)Cn4cc(C#N)cn4)C4CC(C4)[C@@H]32)C1. The summed E-state index contributed by atoms with van der Waals surface area (Å²) in [6.45, 7) is 4.80. The first-order valence-electron chi connectivity index (χ1n) is 13.0. The van der Waals surface area contributed by atoms with Crippen LogP contribution in [0, 0.1) is 64.1 Å². The highest BCUT2D eigenvalue weighted by Gasteiger charge is 2.65. The van der Waals surface area contributed by atoms with Gasteiger partial charge >= 0.3 is 0 Å². The Morgan fingerprint density at radius 3 is 2.66 bits per heavy atom. The number of ketones is 1. The number of aromatic nitrogens is 2. The fourth-order valence-electron chi connectivity index (χ4n) is 9.82. The molecule has 6 fully saturated rings. The molecule has 0 spiro atoms. The molecule has 0 saturated heterocycles. The Labute approximate surface area is 191 Å². The first kappa shape index (κ1) is 20.9. The van der Waals surface area contributed by atoms with Crippen LogP contribution in [0.5, 0.6) is 0 Å². The topological polar surface area (TPSA) is 78.9 Å². The Kier molecular flexibility index (Phi) is 4.68. The van der Waals surface area contributed by atoms with Crippen LogP contribution in [-0.2, 0) is 11.3 Å². The molecule has 0 radical (unpaired) electrons. The molecule has 0 amide bonds. The summed E-state index contributed by atoms with van der Waals surface area (Å²) in [5, 5.41) is 24.0. The van der Waals surface area contributed by atoms with Gasteiger partial charge in [0, 0.05) is 12.1 Å². The van der Waals surface area contributed by atoms with E-state index in [2.05, 4.69) is 18.1 Å². The lowest BCUT2D eigenvalue weighted by Crippen LogP contribution is -2.63. The van der Waals surface area contributed by atoms with Gasteiger partial charge in [0.25, 0.3) is 0 Å². The zero-order valence-electron chi connectivity index (χ0n) is 19.5. The number of Topliss-reactive ketones (excluding diaryl/α,β-unsaturated/α-hetero) is 1. The summed E-state index contributed by atoms with van der Waals surface area (Å²) in [5.74, 6) is 5.63. The standard InChI is InChI=1S/C27H37N3O2/c1-26(32)7-5-20-17(11-26)3-4-22-21(20)6-8-27(2)24(22)18-9-19(10-18)25(27)23(31)15-30-14-16(12-28)13-29-30/h13-14,17-22,24-25,32H,3-11,15H2,1-2H3/t17-,18?,19?,20+,21-,22-,24+,25+,26-,27+/m1/s1. The van der Waals surface area contributed by atoms with Crippen LogP contribution in [0.4, 0.5) is 0 Å². The molecular formula is C27H37N3O2. The first-order chi connectivity index (χ1) is 15.3. The van der Waals surface area contributed by atoms with Gasteiger partial charge in [0.15, 0.2) is 5.78 Å². The van der Waals surface area contributed by atoms with Crippen molar-refractivity contribution in [1.29, 1.82) is 5.26 Å². The van der Waals surface area contributed by atoms with Crippen LogP contribution in [0.15, 0.2) is 12.4 Å². The van der Waals surface area contributed by atoms with E-state index in [0.717, 1.165) is 36.5 Å². The molecule has 5 heteroatoms. The second-order valence-corrected chi connectivity index (χ2v) is 12.6. The Morgan fingerprint density at radius 1 is 1.12 bits per heavy atom. The maximum atomic E-state index is 13.6. The summed E-state index contributed by atoms with van der Waals surface area (Å²) in [7, 11) is 0. The number of nitriles is 1. The zero-order valence-corrected chi connectivity index (χ0v) is 19.5. The first-order valence-corrected chi connectivity index (χ1v) is 13.0. The van der Waals surface area contributed by atoms with Crippen LogP contribution < -0.4 is 0 Å². The van der Waals surface area contributed by atoms with Crippen LogP contribution in [-0.4, -0.2) is 26.3 Å². The molecular weight excluding hydrogens is 398 g/mol. The average Bonchev–Trinajstić information content (AvgIpc) is 3.17. The minimum absolute atomic E-state index is 0.127. The van der Waals surface area contributed by atoms with Gasteiger partial charge in [-0.2, -0.15) is 10.4 Å². The van der Waals surface area contributed by atoms with Gasteiger partial charge in [-0.1, -0.05) is 6.92 Å². The number of hydrogen-bond donors (Lipinski definition) is 1. The van der Waals surface area contributed by atoms with Crippen molar-refractivity contribution < 1.29 is 9.90 Å². The van der Waals surface area contributed by atoms with E-state index < -0.39 is 5.60 Å². The van der Waals surface area contributed by atoms with Gasteiger partial charge in [-0.3, -0.25) is 9.48 Å². The molecule has 1 aromatic rings. The fraction of sp³-hybridized carbons (Fsp3) is 0.815. The predicted octanol–water partition coefficient (Wildman–Crippen LogP) is 4.59. The monoisotopic (exact) mass is 435 g/mol. The van der Waals surface area contributed by atoms with Gasteiger partial charge < -0.3 is 5.11 Å². The summed E-state index contributed by atoms with van der Waals surface area (Å²) in [6.07, 6.45) is 13.9. The normalized spacial score (nSPS) is 49.1. The molecule has 0 unspecified atom stereocenters. The molecule has 2 bridgehead atoms. The number of rotatable bonds is 3. The molecule has 6 aliphatic carbocycles. The molecule has 172 valence electrons. The molecule has 6 saturated carbocycles.